The Morgan fingerprint density at radius 3 is 2.46 bits per heavy atom. The van der Waals surface area contributed by atoms with E-state index in [1.54, 1.807) is 24.3 Å². The summed E-state index contributed by atoms with van der Waals surface area (Å²) < 4.78 is 27.4. The predicted molar refractivity (Wildman–Crippen MR) is 161 cm³/mol. The number of hydrogen-bond acceptors (Lipinski definition) is 13. The second-order valence-electron chi connectivity index (χ2n) is 12.5. The number of phenols is 1. The van der Waals surface area contributed by atoms with E-state index in [0.29, 0.717) is 24.9 Å². The average Bonchev–Trinajstić information content (AvgIpc) is 3.40. The smallest absolute Gasteiger partial charge is 0.353 e. The Labute approximate surface area is 274 Å². The van der Waals surface area contributed by atoms with Gasteiger partial charge in [-0.05, 0) is 51.1 Å². The number of likely N-dealkylation sites (N-methyl/N-ethyl adjacent to an activating group) is 1. The number of aliphatic carboxylic acids is 1. The summed E-state index contributed by atoms with van der Waals surface area (Å²) in [5.74, 6) is -5.66. The van der Waals surface area contributed by atoms with E-state index in [1.807, 2.05) is 13.1 Å². The Balaban J connectivity index is 1.24. The van der Waals surface area contributed by atoms with Crippen molar-refractivity contribution in [3.05, 3.63) is 71.0 Å². The van der Waals surface area contributed by atoms with Crippen molar-refractivity contribution in [2.45, 2.75) is 81.0 Å². The van der Waals surface area contributed by atoms with Crippen molar-refractivity contribution in [3.63, 3.8) is 0 Å². The van der Waals surface area contributed by atoms with Crippen molar-refractivity contribution in [3.8, 4) is 11.5 Å². The van der Waals surface area contributed by atoms with Gasteiger partial charge in [0.25, 0.3) is 0 Å². The topological polar surface area (TPSA) is 195 Å². The van der Waals surface area contributed by atoms with Gasteiger partial charge in [0.05, 0.1) is 17.4 Å². The summed E-state index contributed by atoms with van der Waals surface area (Å²) in [6.45, 7) is 2.75. The summed E-state index contributed by atoms with van der Waals surface area (Å²) in [7, 11) is 1.94. The molecular formula is C34H35NO13. The summed E-state index contributed by atoms with van der Waals surface area (Å²) in [6.07, 6.45) is -4.31. The number of rotatable bonds is 10. The molecule has 1 fully saturated rings. The molecule has 3 N–H and O–H groups in total. The number of carbonyl (C=O) groups excluding carboxylic acids is 4. The van der Waals surface area contributed by atoms with Crippen LogP contribution in [-0.2, 0) is 54.8 Å². The minimum Gasteiger partial charge on any atom is -0.504 e. The molecule has 14 nitrogen and oxygen atoms in total. The van der Waals surface area contributed by atoms with Gasteiger partial charge >= 0.3 is 29.8 Å². The zero-order valence-corrected chi connectivity index (χ0v) is 26.4. The van der Waals surface area contributed by atoms with Crippen LogP contribution in [-0.4, -0.2) is 93.6 Å². The molecule has 1 saturated heterocycles. The number of nitrogens with zero attached hydrogens (tertiary/aromatic N) is 1. The summed E-state index contributed by atoms with van der Waals surface area (Å²) in [5, 5.41) is 32.2. The van der Waals surface area contributed by atoms with E-state index >= 15 is 0 Å². The van der Waals surface area contributed by atoms with Crippen LogP contribution in [0.2, 0.25) is 0 Å². The standard InChI is InChI=1S/C34H35NO13/c1-17(30(39)40)44-32(42)27(19-7-5-4-6-8-19)48-31(41)23(45-18(2)36)16-25(38)46-22-11-12-34(43)24-15-20-9-10-21(37)28-26(20)33(34,29(22)47-28)13-14-35(24)3/h4-11,17,23-24,27,29,37,43H,12-16H2,1-3H3,(H,39,40)/t17-,23-,24+,27-,29-,33-,34+/m0/s1. The highest BCUT2D eigenvalue weighted by Crippen LogP contribution is 2.65. The molecule has 0 amide bonds. The third-order valence-corrected chi connectivity index (χ3v) is 9.70. The van der Waals surface area contributed by atoms with Crippen LogP contribution < -0.4 is 4.74 Å². The normalized spacial score (nSPS) is 26.8. The fraction of sp³-hybridized carbons (Fsp3) is 0.441. The zero-order chi connectivity index (χ0) is 34.5. The molecular weight excluding hydrogens is 630 g/mol. The lowest BCUT2D eigenvalue weighted by molar-refractivity contribution is -0.184. The number of phenolic OH excluding ortho intramolecular Hbond substituents is 1. The first kappa shape index (κ1) is 33.0. The minimum atomic E-state index is -1.86. The van der Waals surface area contributed by atoms with Crippen LogP contribution in [0, 0.1) is 0 Å². The first-order valence-corrected chi connectivity index (χ1v) is 15.5. The van der Waals surface area contributed by atoms with Crippen LogP contribution in [0.5, 0.6) is 11.5 Å². The average molecular weight is 666 g/mol. The Bertz CT molecular complexity index is 1710. The molecule has 1 spiro atoms. The number of piperidine rings is 1. The monoisotopic (exact) mass is 665 g/mol. The SMILES string of the molecule is CC(=O)O[C@@H](CC(=O)OC1=CC[C@@]2(O)[C@H]3Cc4ccc(O)c5c4[C@@]2(CCN3C)[C@H]1O5)C(=O)O[C@H](C(=O)O[C@@H](C)C(=O)O)c1ccccc1. The van der Waals surface area contributed by atoms with E-state index in [2.05, 4.69) is 4.90 Å². The van der Waals surface area contributed by atoms with E-state index < -0.39 is 71.7 Å². The molecule has 0 unspecified atom stereocenters. The number of likely N-dealkylation sites (tertiary alicyclic amines) is 1. The molecule has 2 aromatic rings. The highest BCUT2D eigenvalue weighted by atomic mass is 16.6. The molecule has 0 aromatic heterocycles. The van der Waals surface area contributed by atoms with E-state index in [4.69, 9.17) is 23.7 Å². The van der Waals surface area contributed by atoms with Gasteiger partial charge < -0.3 is 43.9 Å². The van der Waals surface area contributed by atoms with Gasteiger partial charge in [-0.3, -0.25) is 9.59 Å². The molecule has 2 aliphatic carbocycles. The lowest BCUT2D eigenvalue weighted by atomic mass is 9.50. The maximum Gasteiger partial charge on any atom is 0.353 e. The van der Waals surface area contributed by atoms with Crippen molar-refractivity contribution in [2.75, 3.05) is 13.6 Å². The first-order valence-electron chi connectivity index (χ1n) is 15.5. The zero-order valence-electron chi connectivity index (χ0n) is 26.4. The minimum absolute atomic E-state index is 0.0692. The highest BCUT2D eigenvalue weighted by Gasteiger charge is 2.72. The van der Waals surface area contributed by atoms with E-state index in [-0.39, 0.29) is 35.3 Å². The van der Waals surface area contributed by atoms with Crippen LogP contribution in [0.4, 0.5) is 0 Å². The highest BCUT2D eigenvalue weighted by molar-refractivity contribution is 5.88. The Kier molecular flexibility index (Phi) is 8.42. The van der Waals surface area contributed by atoms with Gasteiger partial charge in [-0.25, -0.2) is 14.4 Å². The van der Waals surface area contributed by atoms with Gasteiger partial charge in [0.2, 0.25) is 12.2 Å². The van der Waals surface area contributed by atoms with E-state index in [1.165, 1.54) is 18.2 Å². The Hall–Kier alpha value is -4.95. The fourth-order valence-electron chi connectivity index (χ4n) is 7.49. The summed E-state index contributed by atoms with van der Waals surface area (Å²) >= 11 is 0. The number of carboxylic acid groups (broad SMARTS) is 1. The summed E-state index contributed by atoms with van der Waals surface area (Å²) in [6, 6.07) is 10.7. The number of hydrogen-bond donors (Lipinski definition) is 3. The summed E-state index contributed by atoms with van der Waals surface area (Å²) in [5.41, 5.74) is -0.572. The molecule has 254 valence electrons. The quantitative estimate of drug-likeness (QED) is 0.246. The number of aromatic hydroxyl groups is 1. The van der Waals surface area contributed by atoms with Crippen LogP contribution >= 0.6 is 0 Å². The number of ether oxygens (including phenoxy) is 5. The molecule has 2 aliphatic heterocycles. The first-order chi connectivity index (χ1) is 22.8. The molecule has 2 aromatic carbocycles. The van der Waals surface area contributed by atoms with Gasteiger partial charge in [-0.1, -0.05) is 36.4 Å². The molecule has 4 aliphatic rings. The fourth-order valence-corrected chi connectivity index (χ4v) is 7.49. The van der Waals surface area contributed by atoms with E-state index in [0.717, 1.165) is 19.4 Å². The van der Waals surface area contributed by atoms with Crippen LogP contribution in [0.25, 0.3) is 0 Å². The third kappa shape index (κ3) is 5.34. The molecule has 2 heterocycles. The number of benzene rings is 2. The molecule has 6 rings (SSSR count). The van der Waals surface area contributed by atoms with Crippen molar-refractivity contribution >= 4 is 29.8 Å². The largest absolute Gasteiger partial charge is 0.504 e. The number of carboxylic acids is 1. The van der Waals surface area contributed by atoms with Crippen molar-refractivity contribution < 1.29 is 63.0 Å². The second-order valence-corrected chi connectivity index (χ2v) is 12.5. The summed E-state index contributed by atoms with van der Waals surface area (Å²) in [4.78, 5) is 65.0. The lowest BCUT2D eigenvalue weighted by Crippen LogP contribution is -2.74. The van der Waals surface area contributed by atoms with Gasteiger partial charge in [0.15, 0.2) is 23.7 Å². The Morgan fingerprint density at radius 2 is 1.77 bits per heavy atom. The van der Waals surface area contributed by atoms with Crippen LogP contribution in [0.1, 0.15) is 55.9 Å². The van der Waals surface area contributed by atoms with Crippen molar-refractivity contribution in [1.29, 1.82) is 0 Å². The lowest BCUT2D eigenvalue weighted by Gasteiger charge is -2.61. The number of esters is 4. The maximum atomic E-state index is 13.4. The Morgan fingerprint density at radius 1 is 1.04 bits per heavy atom. The van der Waals surface area contributed by atoms with Gasteiger partial charge in [0, 0.05) is 30.5 Å². The van der Waals surface area contributed by atoms with Crippen LogP contribution in [0.3, 0.4) is 0 Å². The van der Waals surface area contributed by atoms with Gasteiger partial charge in [-0.2, -0.15) is 0 Å². The third-order valence-electron chi connectivity index (χ3n) is 9.70. The molecule has 0 radical (unpaired) electrons. The predicted octanol–water partition coefficient (Wildman–Crippen LogP) is 1.84. The van der Waals surface area contributed by atoms with Crippen molar-refractivity contribution in [1.82, 2.24) is 4.90 Å². The van der Waals surface area contributed by atoms with E-state index in [9.17, 15) is 39.3 Å². The second kappa shape index (κ2) is 12.3. The van der Waals surface area contributed by atoms with Crippen molar-refractivity contribution in [2.24, 2.45) is 0 Å². The van der Waals surface area contributed by atoms with Crippen LogP contribution in [0.15, 0.2) is 54.3 Å². The van der Waals surface area contributed by atoms with Gasteiger partial charge in [-0.15, -0.1) is 0 Å². The van der Waals surface area contributed by atoms with Gasteiger partial charge in [0.1, 0.15) is 5.76 Å². The molecule has 14 heteroatoms. The molecule has 7 atom stereocenters. The number of aliphatic hydroxyl groups is 1. The molecule has 48 heavy (non-hydrogen) atoms. The maximum absolute atomic E-state index is 13.4. The number of carbonyl (C=O) groups is 5. The molecule has 0 saturated carbocycles. The molecule has 2 bridgehead atoms.